The number of fused-ring (bicyclic) bond motifs is 1. The molecule has 0 atom stereocenters. The van der Waals surface area contributed by atoms with Crippen LogP contribution in [0.4, 0.5) is 0 Å². The van der Waals surface area contributed by atoms with E-state index >= 15 is 0 Å². The van der Waals surface area contributed by atoms with E-state index < -0.39 is 0 Å². The molecule has 0 bridgehead atoms. The van der Waals surface area contributed by atoms with E-state index in [1.807, 2.05) is 110 Å². The minimum Gasteiger partial charge on any atom is -0.496 e. The molecule has 5 aromatic heterocycles. The van der Waals surface area contributed by atoms with Crippen molar-refractivity contribution in [2.45, 2.75) is 6.92 Å². The molecule has 6 heterocycles. The van der Waals surface area contributed by atoms with Crippen LogP contribution >= 0.6 is 0 Å². The van der Waals surface area contributed by atoms with Crippen molar-refractivity contribution in [1.29, 1.82) is 0 Å². The van der Waals surface area contributed by atoms with Crippen molar-refractivity contribution in [3.63, 3.8) is 0 Å². The minimum atomic E-state index is 0.269. The number of methoxy groups -OCH3 is 2. The first-order valence-electron chi connectivity index (χ1n) is 19.3. The van der Waals surface area contributed by atoms with Crippen LogP contribution in [0.2, 0.25) is 0 Å². The SMILES string of the molecule is COc1cc(-c2nn[nH]n2)cc(OC)c1C.c1cc2c(cc1-c1nn[nH]n1)OCO2.c1ccc(-c2cccc(-c3nn[nH]n3)c2)cc1.c1cncc(-c2ccc(-c3nn[nH]n3)cc2)c1. The normalized spacial score (nSPS) is 10.9. The fourth-order valence-corrected chi connectivity index (χ4v) is 6.20. The van der Waals surface area contributed by atoms with E-state index in [1.54, 1.807) is 20.4 Å². The number of nitrogens with zero attached hydrogens (tertiary/aromatic N) is 13. The van der Waals surface area contributed by atoms with Gasteiger partial charge in [0.1, 0.15) is 11.5 Å². The monoisotopic (exact) mass is 855 g/mol. The van der Waals surface area contributed by atoms with Gasteiger partial charge in [0.2, 0.25) is 30.1 Å². The van der Waals surface area contributed by atoms with Crippen LogP contribution in [0.15, 0.2) is 134 Å². The topological polar surface area (TPSA) is 268 Å². The molecule has 11 rings (SSSR count). The molecule has 0 fully saturated rings. The lowest BCUT2D eigenvalue weighted by molar-refractivity contribution is 0.174. The Hall–Kier alpha value is -9.27. The van der Waals surface area contributed by atoms with Crippen LogP contribution in [0.5, 0.6) is 23.0 Å². The van der Waals surface area contributed by atoms with Crippen molar-refractivity contribution >= 4 is 0 Å². The molecular formula is C43H37N17O4. The van der Waals surface area contributed by atoms with Gasteiger partial charge in [-0.1, -0.05) is 78.9 Å². The number of rotatable bonds is 8. The molecule has 4 N–H and O–H groups in total. The van der Waals surface area contributed by atoms with Gasteiger partial charge in [-0.15, -0.1) is 40.8 Å². The second kappa shape index (κ2) is 20.3. The van der Waals surface area contributed by atoms with Crippen LogP contribution in [-0.4, -0.2) is 108 Å². The smallest absolute Gasteiger partial charge is 0.231 e. The molecule has 64 heavy (non-hydrogen) atoms. The number of benzene rings is 5. The Morgan fingerprint density at radius 2 is 0.922 bits per heavy atom. The van der Waals surface area contributed by atoms with Gasteiger partial charge in [-0.3, -0.25) is 4.98 Å². The Kier molecular flexibility index (Phi) is 13.2. The number of pyridine rings is 1. The molecule has 0 saturated heterocycles. The maximum Gasteiger partial charge on any atom is 0.231 e. The molecule has 0 radical (unpaired) electrons. The van der Waals surface area contributed by atoms with Crippen molar-refractivity contribution in [2.75, 3.05) is 21.0 Å². The van der Waals surface area contributed by atoms with Gasteiger partial charge in [0.05, 0.1) is 14.2 Å². The third-order valence-corrected chi connectivity index (χ3v) is 9.39. The Morgan fingerprint density at radius 3 is 1.48 bits per heavy atom. The summed E-state index contributed by atoms with van der Waals surface area (Å²) in [6.07, 6.45) is 3.60. The number of nitrogens with one attached hydrogen (secondary N) is 4. The number of tetrazole rings is 4. The van der Waals surface area contributed by atoms with E-state index in [0.717, 1.165) is 61.8 Å². The lowest BCUT2D eigenvalue weighted by atomic mass is 10.0. The highest BCUT2D eigenvalue weighted by Crippen LogP contribution is 2.35. The highest BCUT2D eigenvalue weighted by atomic mass is 16.7. The number of aromatic nitrogens is 17. The number of hydrogen-bond acceptors (Lipinski definition) is 17. The molecular weight excluding hydrogens is 819 g/mol. The van der Waals surface area contributed by atoms with Crippen LogP contribution in [-0.2, 0) is 0 Å². The Balaban J connectivity index is 0.000000117. The lowest BCUT2D eigenvalue weighted by Crippen LogP contribution is -1.94. The lowest BCUT2D eigenvalue weighted by Gasteiger charge is -2.10. The first-order valence-corrected chi connectivity index (χ1v) is 19.3. The Bertz CT molecular complexity index is 2910. The summed E-state index contributed by atoms with van der Waals surface area (Å²) >= 11 is 0. The Labute approximate surface area is 363 Å². The quantitative estimate of drug-likeness (QED) is 0.131. The van der Waals surface area contributed by atoms with E-state index in [2.05, 4.69) is 112 Å². The first-order chi connectivity index (χ1) is 31.6. The van der Waals surface area contributed by atoms with Crippen LogP contribution in [0.25, 0.3) is 67.8 Å². The third-order valence-electron chi connectivity index (χ3n) is 9.39. The van der Waals surface area contributed by atoms with Crippen molar-refractivity contribution in [3.05, 3.63) is 139 Å². The van der Waals surface area contributed by atoms with Crippen LogP contribution < -0.4 is 18.9 Å². The van der Waals surface area contributed by atoms with Crippen LogP contribution in [0.1, 0.15) is 5.56 Å². The predicted molar refractivity (Wildman–Crippen MR) is 231 cm³/mol. The summed E-state index contributed by atoms with van der Waals surface area (Å²) in [5.41, 5.74) is 9.02. The highest BCUT2D eigenvalue weighted by molar-refractivity contribution is 5.70. The van der Waals surface area contributed by atoms with Crippen molar-refractivity contribution in [3.8, 4) is 90.8 Å². The highest BCUT2D eigenvalue weighted by Gasteiger charge is 2.15. The third kappa shape index (κ3) is 10.2. The largest absolute Gasteiger partial charge is 0.496 e. The zero-order chi connectivity index (χ0) is 43.9. The summed E-state index contributed by atoms with van der Waals surface area (Å²) in [6, 6.07) is 39.4. The van der Waals surface area contributed by atoms with Crippen LogP contribution in [0.3, 0.4) is 0 Å². The van der Waals surface area contributed by atoms with E-state index in [-0.39, 0.29) is 6.79 Å². The molecule has 1 aliphatic heterocycles. The minimum absolute atomic E-state index is 0.269. The summed E-state index contributed by atoms with van der Waals surface area (Å²) in [5, 5.41) is 55.1. The second-order valence-corrected chi connectivity index (χ2v) is 13.3. The van der Waals surface area contributed by atoms with E-state index in [4.69, 9.17) is 18.9 Å². The van der Waals surface area contributed by atoms with Gasteiger partial charge in [0.15, 0.2) is 11.5 Å². The molecule has 21 nitrogen and oxygen atoms in total. The summed E-state index contributed by atoms with van der Waals surface area (Å²) < 4.78 is 20.9. The average molecular weight is 856 g/mol. The van der Waals surface area contributed by atoms with Gasteiger partial charge in [-0.05, 0) is 92.5 Å². The number of aromatic amines is 4. The summed E-state index contributed by atoms with van der Waals surface area (Å²) in [6.45, 7) is 2.20. The first kappa shape index (κ1) is 41.5. The zero-order valence-electron chi connectivity index (χ0n) is 34.4. The van der Waals surface area contributed by atoms with Gasteiger partial charge in [0.25, 0.3) is 0 Å². The van der Waals surface area contributed by atoms with E-state index in [1.165, 1.54) is 5.56 Å². The zero-order valence-corrected chi connectivity index (χ0v) is 34.4. The van der Waals surface area contributed by atoms with Crippen molar-refractivity contribution in [1.82, 2.24) is 87.5 Å². The summed E-state index contributed by atoms with van der Waals surface area (Å²) in [7, 11) is 3.23. The van der Waals surface area contributed by atoms with Gasteiger partial charge in [-0.25, -0.2) is 0 Å². The molecule has 21 heteroatoms. The molecule has 0 saturated carbocycles. The summed E-state index contributed by atoms with van der Waals surface area (Å²) in [4.78, 5) is 4.09. The summed E-state index contributed by atoms with van der Waals surface area (Å²) in [5.74, 6) is 5.20. The fourth-order valence-electron chi connectivity index (χ4n) is 6.20. The van der Waals surface area contributed by atoms with Gasteiger partial charge in [0, 0.05) is 40.2 Å². The van der Waals surface area contributed by atoms with E-state index in [9.17, 15) is 0 Å². The maximum absolute atomic E-state index is 5.26. The molecule has 0 aliphatic carbocycles. The molecule has 10 aromatic rings. The molecule has 0 amide bonds. The predicted octanol–water partition coefficient (Wildman–Crippen LogP) is 6.25. The molecule has 0 spiro atoms. The van der Waals surface area contributed by atoms with Gasteiger partial charge in [-0.2, -0.15) is 20.9 Å². The standard InChI is InChI=1S/C13H10N4.C12H9N5.C10H12N4O2.C8H6N4O2/c1-2-5-10(6-3-1)11-7-4-8-12(9-11)13-14-16-17-15-13;1-2-11(8-13-7-1)9-3-5-10(6-4-9)12-14-16-17-15-12;1-6-8(15-2)4-7(5-9(6)16-3)10-11-13-14-12-10;1-2-6-7(14-4-13-6)3-5(1)8-9-11-12-10-8/h1-9H,(H,14,15,16,17);1-8H,(H,14,15,16,17);4-5H,1-3H3,(H,11,12,13,14);1-3H,4H2,(H,9,10,11,12). The Morgan fingerprint density at radius 1 is 0.438 bits per heavy atom. The molecule has 0 unspecified atom stereocenters. The van der Waals surface area contributed by atoms with Crippen molar-refractivity contribution < 1.29 is 18.9 Å². The van der Waals surface area contributed by atoms with Crippen LogP contribution in [0, 0.1) is 6.92 Å². The number of hydrogen-bond donors (Lipinski definition) is 4. The number of H-pyrrole nitrogens is 4. The number of ether oxygens (including phenoxy) is 4. The molecule has 318 valence electrons. The average Bonchev–Trinajstić information content (AvgIpc) is 4.23. The van der Waals surface area contributed by atoms with Crippen molar-refractivity contribution in [2.24, 2.45) is 0 Å². The van der Waals surface area contributed by atoms with E-state index in [0.29, 0.717) is 29.0 Å². The molecule has 5 aromatic carbocycles. The van der Waals surface area contributed by atoms with Gasteiger partial charge < -0.3 is 18.9 Å². The second-order valence-electron chi connectivity index (χ2n) is 13.3. The fraction of sp³-hybridized carbons (Fsp3) is 0.0930. The van der Waals surface area contributed by atoms with Gasteiger partial charge >= 0.3 is 0 Å². The maximum atomic E-state index is 5.26. The molecule has 1 aliphatic rings.